The van der Waals surface area contributed by atoms with Crippen LogP contribution in [-0.2, 0) is 6.18 Å². The van der Waals surface area contributed by atoms with Crippen LogP contribution in [0.1, 0.15) is 11.3 Å². The van der Waals surface area contributed by atoms with Crippen molar-refractivity contribution < 1.29 is 31.1 Å². The average Bonchev–Trinajstić information content (AvgIpc) is 3.27. The zero-order chi connectivity index (χ0) is 27.2. The summed E-state index contributed by atoms with van der Waals surface area (Å²) >= 11 is 0. The minimum absolute atomic E-state index is 0.0243. The van der Waals surface area contributed by atoms with Crippen LogP contribution in [-0.4, -0.2) is 53.1 Å². The molecule has 2 aromatic carbocycles. The fourth-order valence-corrected chi connectivity index (χ4v) is 4.33. The predicted octanol–water partition coefficient (Wildman–Crippen LogP) is 5.99. The van der Waals surface area contributed by atoms with E-state index in [1.807, 2.05) is 11.9 Å². The number of aromatic amines is 1. The molecule has 200 valence electrons. The summed E-state index contributed by atoms with van der Waals surface area (Å²) in [5.41, 5.74) is -0.507. The Bertz CT molecular complexity index is 1500. The molecule has 0 atom stereocenters. The summed E-state index contributed by atoms with van der Waals surface area (Å²) in [6.07, 6.45) is -3.77. The van der Waals surface area contributed by atoms with E-state index in [0.717, 1.165) is 18.5 Å². The highest BCUT2D eigenvalue weighted by Crippen LogP contribution is 2.40. The molecule has 7 nitrogen and oxygen atoms in total. The molecule has 0 saturated carbocycles. The smallest absolute Gasteiger partial charge is 0.418 e. The van der Waals surface area contributed by atoms with Gasteiger partial charge in [0.1, 0.15) is 6.33 Å². The van der Waals surface area contributed by atoms with E-state index in [-0.39, 0.29) is 22.3 Å². The normalized spacial score (nSPS) is 14.8. The van der Waals surface area contributed by atoms with Crippen molar-refractivity contribution in [1.29, 1.82) is 0 Å². The van der Waals surface area contributed by atoms with E-state index in [0.29, 0.717) is 31.9 Å². The van der Waals surface area contributed by atoms with Gasteiger partial charge in [-0.1, -0.05) is 0 Å². The molecule has 4 aromatic rings. The lowest BCUT2D eigenvalue weighted by Crippen LogP contribution is -2.45. The summed E-state index contributed by atoms with van der Waals surface area (Å²) in [5.74, 6) is -4.82. The maximum atomic E-state index is 15.2. The van der Waals surface area contributed by atoms with Crippen molar-refractivity contribution in [2.75, 3.05) is 43.4 Å². The van der Waals surface area contributed by atoms with E-state index in [1.54, 1.807) is 11.8 Å². The van der Waals surface area contributed by atoms with Crippen LogP contribution in [0.4, 0.5) is 43.5 Å². The molecule has 0 amide bonds. The molecule has 0 aliphatic carbocycles. The lowest BCUT2D eigenvalue weighted by Gasteiger charge is -2.35. The third kappa shape index (κ3) is 4.93. The number of benzene rings is 2. The van der Waals surface area contributed by atoms with Crippen molar-refractivity contribution in [1.82, 2.24) is 19.9 Å². The topological polar surface area (TPSA) is 69.3 Å². The summed E-state index contributed by atoms with van der Waals surface area (Å²) in [5, 5.41) is 2.41. The summed E-state index contributed by atoms with van der Waals surface area (Å²) in [7, 11) is 1.90. The number of alkyl halides is 3. The first-order valence-corrected chi connectivity index (χ1v) is 11.6. The van der Waals surface area contributed by atoms with Crippen LogP contribution in [0.2, 0.25) is 0 Å². The quantitative estimate of drug-likeness (QED) is 0.306. The number of piperazine rings is 1. The van der Waals surface area contributed by atoms with Gasteiger partial charge < -0.3 is 24.8 Å². The van der Waals surface area contributed by atoms with Crippen LogP contribution in [0, 0.1) is 24.4 Å². The highest BCUT2D eigenvalue weighted by Gasteiger charge is 2.36. The molecule has 13 heteroatoms. The van der Waals surface area contributed by atoms with Crippen LogP contribution in [0.25, 0.3) is 10.9 Å². The van der Waals surface area contributed by atoms with Gasteiger partial charge in [0.15, 0.2) is 23.2 Å². The second kappa shape index (κ2) is 9.71. The van der Waals surface area contributed by atoms with Crippen LogP contribution in [0.5, 0.6) is 11.6 Å². The van der Waals surface area contributed by atoms with Gasteiger partial charge in [0, 0.05) is 54.7 Å². The van der Waals surface area contributed by atoms with E-state index in [1.165, 1.54) is 18.2 Å². The van der Waals surface area contributed by atoms with E-state index < -0.39 is 46.6 Å². The maximum Gasteiger partial charge on any atom is 0.418 e. The average molecular weight is 536 g/mol. The number of nitrogens with zero attached hydrogens (tertiary/aromatic N) is 4. The number of nitrogens with one attached hydrogen (secondary N) is 2. The number of anilines is 3. The minimum atomic E-state index is -4.66. The van der Waals surface area contributed by atoms with Gasteiger partial charge in [0.2, 0.25) is 5.82 Å². The van der Waals surface area contributed by atoms with Gasteiger partial charge >= 0.3 is 6.18 Å². The SMILES string of the molecule is Cc1cc2c(F)c(Oc3ncnc(Nc4ccc(N5CCN(C)CC5)c(C(F)(F)F)c4)c3F)cc(F)c2[nH]1. The van der Waals surface area contributed by atoms with Gasteiger partial charge in [-0.15, -0.1) is 0 Å². The zero-order valence-corrected chi connectivity index (χ0v) is 20.3. The number of hydrogen-bond acceptors (Lipinski definition) is 6. The second-order valence-electron chi connectivity index (χ2n) is 9.00. The number of rotatable bonds is 5. The Labute approximate surface area is 213 Å². The van der Waals surface area contributed by atoms with Gasteiger partial charge in [0.05, 0.1) is 11.1 Å². The van der Waals surface area contributed by atoms with Crippen LogP contribution < -0.4 is 15.0 Å². The molecule has 0 radical (unpaired) electrons. The molecule has 3 heterocycles. The highest BCUT2D eigenvalue weighted by atomic mass is 19.4. The van der Waals surface area contributed by atoms with Crippen molar-refractivity contribution in [2.24, 2.45) is 0 Å². The molecule has 0 spiro atoms. The molecule has 38 heavy (non-hydrogen) atoms. The van der Waals surface area contributed by atoms with Gasteiger partial charge in [-0.25, -0.2) is 13.8 Å². The predicted molar refractivity (Wildman–Crippen MR) is 129 cm³/mol. The Balaban J connectivity index is 1.43. The fourth-order valence-electron chi connectivity index (χ4n) is 4.33. The lowest BCUT2D eigenvalue weighted by molar-refractivity contribution is -0.137. The van der Waals surface area contributed by atoms with E-state index in [2.05, 4.69) is 20.3 Å². The first-order valence-electron chi connectivity index (χ1n) is 11.6. The van der Waals surface area contributed by atoms with Crippen molar-refractivity contribution in [2.45, 2.75) is 13.1 Å². The second-order valence-corrected chi connectivity index (χ2v) is 9.00. The molecule has 0 unspecified atom stereocenters. The van der Waals surface area contributed by atoms with Gasteiger partial charge in [0.25, 0.3) is 5.88 Å². The number of likely N-dealkylation sites (N-methyl/N-ethyl adjacent to an activating group) is 1. The van der Waals surface area contributed by atoms with Crippen molar-refractivity contribution in [3.8, 4) is 11.6 Å². The molecule has 2 aromatic heterocycles. The maximum absolute atomic E-state index is 15.2. The molecular formula is C25H22F6N6O. The van der Waals surface area contributed by atoms with E-state index in [9.17, 15) is 22.0 Å². The number of ether oxygens (including phenoxy) is 1. The number of aromatic nitrogens is 3. The number of fused-ring (bicyclic) bond motifs is 1. The first kappa shape index (κ1) is 25.6. The van der Waals surface area contributed by atoms with E-state index in [4.69, 9.17) is 4.74 Å². The molecule has 5 rings (SSSR count). The van der Waals surface area contributed by atoms with Crippen molar-refractivity contribution >= 4 is 28.1 Å². The Hall–Kier alpha value is -4.00. The standard InChI is InChI=1S/C25H22F6N6O/c1-13-9-15-20(27)19(11-17(26)22(15)34-13)38-24-21(28)23(32-12-33-24)35-14-3-4-18(16(10-14)25(29,30)31)37-7-5-36(2)6-8-37/h3-4,9-12,34H,5-8H2,1-2H3,(H,32,33,35). The Morgan fingerprint density at radius 3 is 2.42 bits per heavy atom. The molecular weight excluding hydrogens is 514 g/mol. The summed E-state index contributed by atoms with van der Waals surface area (Å²) in [4.78, 5) is 13.7. The lowest BCUT2D eigenvalue weighted by atomic mass is 10.1. The largest absolute Gasteiger partial charge is 0.433 e. The van der Waals surface area contributed by atoms with E-state index >= 15 is 4.39 Å². The van der Waals surface area contributed by atoms with Crippen LogP contribution in [0.15, 0.2) is 36.7 Å². The third-order valence-corrected chi connectivity index (χ3v) is 6.27. The number of H-pyrrole nitrogens is 1. The van der Waals surface area contributed by atoms with Crippen LogP contribution in [0.3, 0.4) is 0 Å². The molecule has 1 fully saturated rings. The highest BCUT2D eigenvalue weighted by molar-refractivity contribution is 5.83. The van der Waals surface area contributed by atoms with Gasteiger partial charge in [-0.05, 0) is 38.2 Å². The van der Waals surface area contributed by atoms with Crippen LogP contribution >= 0.6 is 0 Å². The van der Waals surface area contributed by atoms with Gasteiger partial charge in [-0.2, -0.15) is 22.5 Å². The molecule has 2 N–H and O–H groups in total. The Kier molecular flexibility index (Phi) is 6.55. The molecule has 1 aliphatic heterocycles. The Morgan fingerprint density at radius 2 is 1.71 bits per heavy atom. The third-order valence-electron chi connectivity index (χ3n) is 6.27. The monoisotopic (exact) mass is 536 g/mol. The molecule has 1 saturated heterocycles. The number of aryl methyl sites for hydroxylation is 1. The van der Waals surface area contributed by atoms with Crippen molar-refractivity contribution in [3.05, 3.63) is 65.4 Å². The number of hydrogen-bond donors (Lipinski definition) is 2. The minimum Gasteiger partial charge on any atom is -0.433 e. The molecule has 1 aliphatic rings. The van der Waals surface area contributed by atoms with Crippen molar-refractivity contribution in [3.63, 3.8) is 0 Å². The molecule has 0 bridgehead atoms. The Morgan fingerprint density at radius 1 is 0.974 bits per heavy atom. The zero-order valence-electron chi connectivity index (χ0n) is 20.3. The summed E-state index contributed by atoms with van der Waals surface area (Å²) in [6, 6.07) is 5.68. The first-order chi connectivity index (χ1) is 18.0. The summed E-state index contributed by atoms with van der Waals surface area (Å²) < 4.78 is 91.4. The number of halogens is 6. The summed E-state index contributed by atoms with van der Waals surface area (Å²) in [6.45, 7) is 3.71. The fraction of sp³-hybridized carbons (Fsp3) is 0.280. The van der Waals surface area contributed by atoms with Gasteiger partial charge in [-0.3, -0.25) is 0 Å².